The van der Waals surface area contributed by atoms with Gasteiger partial charge >= 0.3 is 0 Å². The van der Waals surface area contributed by atoms with Crippen LogP contribution >= 0.6 is 0 Å². The second-order valence-corrected chi connectivity index (χ2v) is 12.8. The first-order valence-electron chi connectivity index (χ1n) is 16.2. The molecule has 238 valence electrons. The van der Waals surface area contributed by atoms with Crippen LogP contribution in [0.4, 0.5) is 8.78 Å². The standard InChI is InChI=1S/C35H41F2N5O3/c1-23(24-7-3-2-4-8-24)38-35(45)33-28-19-27(37)13-14-30(28)39-34(25-9-11-26(36)12-10-25)29(33)20-40-17-18-42(31(43)21-40)22-32(44)41-15-5-6-16-41/h9-14,19,23-24H,2-8,15-18,20-22H2,1H3,(H,38,45)/t23-/m0/s1. The van der Waals surface area contributed by atoms with Gasteiger partial charge in [0.25, 0.3) is 5.91 Å². The summed E-state index contributed by atoms with van der Waals surface area (Å²) in [6.07, 6.45) is 7.55. The van der Waals surface area contributed by atoms with E-state index in [4.69, 9.17) is 4.98 Å². The Balaban J connectivity index is 1.34. The van der Waals surface area contributed by atoms with Crippen molar-refractivity contribution in [2.45, 2.75) is 64.5 Å². The number of carbonyl (C=O) groups is 3. The number of piperazine rings is 1. The van der Waals surface area contributed by atoms with Gasteiger partial charge in [0.2, 0.25) is 11.8 Å². The van der Waals surface area contributed by atoms with Crippen LogP contribution in [-0.2, 0) is 16.1 Å². The minimum atomic E-state index is -0.481. The largest absolute Gasteiger partial charge is 0.349 e. The Kier molecular flexibility index (Phi) is 9.40. The Labute approximate surface area is 262 Å². The van der Waals surface area contributed by atoms with Gasteiger partial charge in [-0.1, -0.05) is 19.3 Å². The summed E-state index contributed by atoms with van der Waals surface area (Å²) in [6.45, 7) is 4.70. The number of benzene rings is 2. The zero-order valence-corrected chi connectivity index (χ0v) is 25.9. The van der Waals surface area contributed by atoms with Crippen LogP contribution in [0.3, 0.4) is 0 Å². The topological polar surface area (TPSA) is 85.9 Å². The first-order chi connectivity index (χ1) is 21.8. The quantitative estimate of drug-likeness (QED) is 0.378. The van der Waals surface area contributed by atoms with Crippen molar-refractivity contribution in [3.63, 3.8) is 0 Å². The van der Waals surface area contributed by atoms with Crippen LogP contribution in [0, 0.1) is 17.6 Å². The predicted octanol–water partition coefficient (Wildman–Crippen LogP) is 5.15. The number of aromatic nitrogens is 1. The molecule has 1 aromatic heterocycles. The van der Waals surface area contributed by atoms with Crippen LogP contribution in [0.2, 0.25) is 0 Å². The molecule has 8 nitrogen and oxygen atoms in total. The number of carbonyl (C=O) groups excluding carboxylic acids is 3. The highest BCUT2D eigenvalue weighted by Crippen LogP contribution is 2.33. The Morgan fingerprint density at radius 1 is 0.933 bits per heavy atom. The van der Waals surface area contributed by atoms with Crippen molar-refractivity contribution >= 4 is 28.6 Å². The molecule has 0 bridgehead atoms. The molecule has 3 fully saturated rings. The molecule has 2 aromatic carbocycles. The normalized spacial score (nSPS) is 18.9. The van der Waals surface area contributed by atoms with E-state index < -0.39 is 11.6 Å². The molecule has 1 saturated carbocycles. The summed E-state index contributed by atoms with van der Waals surface area (Å²) >= 11 is 0. The van der Waals surface area contributed by atoms with E-state index in [-0.39, 0.29) is 43.4 Å². The van der Waals surface area contributed by atoms with Crippen LogP contribution in [0.25, 0.3) is 22.2 Å². The third-order valence-corrected chi connectivity index (χ3v) is 9.67. The summed E-state index contributed by atoms with van der Waals surface area (Å²) in [7, 11) is 0. The molecule has 10 heteroatoms. The number of halogens is 2. The van der Waals surface area contributed by atoms with Crippen LogP contribution < -0.4 is 5.32 Å². The number of hydrogen-bond acceptors (Lipinski definition) is 5. The number of amides is 3. The molecule has 6 rings (SSSR count). The van der Waals surface area contributed by atoms with Gasteiger partial charge in [0.15, 0.2) is 0 Å². The Morgan fingerprint density at radius 2 is 1.64 bits per heavy atom. The van der Waals surface area contributed by atoms with Gasteiger partial charge in [-0.2, -0.15) is 0 Å². The lowest BCUT2D eigenvalue weighted by atomic mass is 9.84. The third-order valence-electron chi connectivity index (χ3n) is 9.67. The molecule has 3 heterocycles. The lowest BCUT2D eigenvalue weighted by molar-refractivity contribution is -0.143. The molecule has 3 aliphatic rings. The number of fused-ring (bicyclic) bond motifs is 1. The fourth-order valence-corrected chi connectivity index (χ4v) is 7.08. The fraction of sp³-hybridized carbons (Fsp3) is 0.486. The lowest BCUT2D eigenvalue weighted by Gasteiger charge is -2.35. The van der Waals surface area contributed by atoms with Gasteiger partial charge in [0.1, 0.15) is 11.6 Å². The monoisotopic (exact) mass is 617 g/mol. The molecule has 45 heavy (non-hydrogen) atoms. The smallest absolute Gasteiger partial charge is 0.252 e. The lowest BCUT2D eigenvalue weighted by Crippen LogP contribution is -2.53. The molecular formula is C35H41F2N5O3. The number of likely N-dealkylation sites (tertiary alicyclic amines) is 1. The zero-order valence-electron chi connectivity index (χ0n) is 25.9. The van der Waals surface area contributed by atoms with Crippen molar-refractivity contribution in [1.82, 2.24) is 25.0 Å². The molecule has 3 aromatic rings. The molecule has 2 aliphatic heterocycles. The second kappa shape index (κ2) is 13.6. The molecule has 0 radical (unpaired) electrons. The van der Waals surface area contributed by atoms with Crippen molar-refractivity contribution in [2.24, 2.45) is 5.92 Å². The van der Waals surface area contributed by atoms with Gasteiger partial charge in [0, 0.05) is 55.3 Å². The number of nitrogens with zero attached hydrogens (tertiary/aromatic N) is 4. The summed E-state index contributed by atoms with van der Waals surface area (Å²) < 4.78 is 28.7. The van der Waals surface area contributed by atoms with Crippen molar-refractivity contribution < 1.29 is 23.2 Å². The second-order valence-electron chi connectivity index (χ2n) is 12.8. The summed E-state index contributed by atoms with van der Waals surface area (Å²) in [5.41, 5.74) is 2.44. The van der Waals surface area contributed by atoms with Crippen LogP contribution in [0.5, 0.6) is 0 Å². The van der Waals surface area contributed by atoms with Crippen LogP contribution in [0.15, 0.2) is 42.5 Å². The van der Waals surface area contributed by atoms with E-state index in [1.807, 2.05) is 16.7 Å². The maximum atomic E-state index is 14.7. The first-order valence-corrected chi connectivity index (χ1v) is 16.2. The van der Waals surface area contributed by atoms with Gasteiger partial charge in [-0.25, -0.2) is 13.8 Å². The van der Waals surface area contributed by atoms with Crippen molar-refractivity contribution in [1.29, 1.82) is 0 Å². The molecule has 3 amide bonds. The molecule has 1 aliphatic carbocycles. The molecule has 1 N–H and O–H groups in total. The zero-order chi connectivity index (χ0) is 31.5. The van der Waals surface area contributed by atoms with Crippen LogP contribution in [0.1, 0.15) is 67.8 Å². The summed E-state index contributed by atoms with van der Waals surface area (Å²) in [4.78, 5) is 50.5. The van der Waals surface area contributed by atoms with Crippen LogP contribution in [-0.4, -0.2) is 82.7 Å². The highest BCUT2D eigenvalue weighted by atomic mass is 19.1. The summed E-state index contributed by atoms with van der Waals surface area (Å²) in [6, 6.07) is 10.1. The number of rotatable bonds is 8. The van der Waals surface area contributed by atoms with Gasteiger partial charge in [-0.05, 0) is 81.0 Å². The Bertz CT molecular complexity index is 1570. The molecule has 0 unspecified atom stereocenters. The van der Waals surface area contributed by atoms with Crippen molar-refractivity contribution in [3.8, 4) is 11.3 Å². The SMILES string of the molecule is C[C@H](NC(=O)c1c(CN2CCN(CC(=O)N3CCCC3)C(=O)C2)c(-c2ccc(F)cc2)nc2ccc(F)cc12)C1CCCCC1. The predicted molar refractivity (Wildman–Crippen MR) is 168 cm³/mol. The Hall–Kier alpha value is -3.92. The highest BCUT2D eigenvalue weighted by Gasteiger charge is 2.31. The van der Waals surface area contributed by atoms with E-state index in [0.717, 1.165) is 51.6 Å². The van der Waals surface area contributed by atoms with E-state index in [1.165, 1.54) is 30.7 Å². The minimum Gasteiger partial charge on any atom is -0.349 e. The minimum absolute atomic E-state index is 0.0281. The van der Waals surface area contributed by atoms with E-state index in [0.29, 0.717) is 52.3 Å². The first kappa shape index (κ1) is 31.1. The average molecular weight is 618 g/mol. The molecule has 2 saturated heterocycles. The van der Waals surface area contributed by atoms with Crippen molar-refractivity contribution in [3.05, 3.63) is 65.2 Å². The molecule has 0 spiro atoms. The molecule has 1 atom stereocenters. The molecular weight excluding hydrogens is 576 g/mol. The van der Waals surface area contributed by atoms with E-state index in [1.54, 1.807) is 23.1 Å². The fourth-order valence-electron chi connectivity index (χ4n) is 7.08. The van der Waals surface area contributed by atoms with E-state index >= 15 is 0 Å². The maximum Gasteiger partial charge on any atom is 0.252 e. The van der Waals surface area contributed by atoms with Gasteiger partial charge in [0.05, 0.1) is 29.9 Å². The van der Waals surface area contributed by atoms with E-state index in [2.05, 4.69) is 5.32 Å². The van der Waals surface area contributed by atoms with E-state index in [9.17, 15) is 23.2 Å². The highest BCUT2D eigenvalue weighted by molar-refractivity contribution is 6.09. The number of pyridine rings is 1. The summed E-state index contributed by atoms with van der Waals surface area (Å²) in [5.74, 6) is -1.01. The average Bonchev–Trinajstić information content (AvgIpc) is 3.58. The van der Waals surface area contributed by atoms with Gasteiger partial charge in [-0.15, -0.1) is 0 Å². The third kappa shape index (κ3) is 7.01. The Morgan fingerprint density at radius 3 is 2.36 bits per heavy atom. The van der Waals surface area contributed by atoms with Crippen molar-refractivity contribution in [2.75, 3.05) is 39.3 Å². The van der Waals surface area contributed by atoms with Gasteiger partial charge in [-0.3, -0.25) is 19.3 Å². The number of nitrogens with one attached hydrogen (secondary N) is 1. The summed E-state index contributed by atoms with van der Waals surface area (Å²) in [5, 5.41) is 3.62. The van der Waals surface area contributed by atoms with Gasteiger partial charge < -0.3 is 15.1 Å². The number of hydrogen-bond donors (Lipinski definition) is 1. The maximum absolute atomic E-state index is 14.7.